The quantitative estimate of drug-likeness (QED) is 0.780. The number of sulfonamides is 1. The summed E-state index contributed by atoms with van der Waals surface area (Å²) in [4.78, 5) is 0.223. The maximum atomic E-state index is 12.9. The summed E-state index contributed by atoms with van der Waals surface area (Å²) in [5.41, 5.74) is 0. The van der Waals surface area contributed by atoms with Crippen molar-refractivity contribution in [2.45, 2.75) is 23.8 Å². The summed E-state index contributed by atoms with van der Waals surface area (Å²) in [5.74, 6) is 2.56. The lowest BCUT2D eigenvalue weighted by Gasteiger charge is -2.31. The molecule has 0 N–H and O–H groups in total. The second kappa shape index (κ2) is 7.28. The topological polar surface area (TPSA) is 74.3 Å². The van der Waals surface area contributed by atoms with Gasteiger partial charge < -0.3 is 18.9 Å². The summed E-state index contributed by atoms with van der Waals surface area (Å²) in [6.07, 6.45) is 1.26. The van der Waals surface area contributed by atoms with Crippen molar-refractivity contribution in [1.82, 2.24) is 4.31 Å². The van der Waals surface area contributed by atoms with Crippen molar-refractivity contribution in [1.29, 1.82) is 0 Å². The zero-order valence-corrected chi connectivity index (χ0v) is 15.8. The lowest BCUT2D eigenvalue weighted by Crippen LogP contribution is -2.41. The zero-order valence-electron chi connectivity index (χ0n) is 15.0. The van der Waals surface area contributed by atoms with Crippen molar-refractivity contribution in [3.05, 3.63) is 42.5 Å². The molecule has 0 spiro atoms. The van der Waals surface area contributed by atoms with E-state index < -0.39 is 10.0 Å². The molecule has 0 radical (unpaired) electrons. The summed E-state index contributed by atoms with van der Waals surface area (Å²) in [6, 6.07) is 12.1. The highest BCUT2D eigenvalue weighted by Gasteiger charge is 2.31. The van der Waals surface area contributed by atoms with Crippen LogP contribution >= 0.6 is 0 Å². The Kier molecular flexibility index (Phi) is 4.84. The fourth-order valence-corrected chi connectivity index (χ4v) is 4.71. The number of benzene rings is 2. The number of methoxy groups -OCH3 is 1. The van der Waals surface area contributed by atoms with E-state index in [9.17, 15) is 8.42 Å². The molecule has 0 bridgehead atoms. The van der Waals surface area contributed by atoms with Gasteiger partial charge in [-0.15, -0.1) is 0 Å². The van der Waals surface area contributed by atoms with Crippen LogP contribution in [0.5, 0.6) is 23.0 Å². The highest BCUT2D eigenvalue weighted by molar-refractivity contribution is 7.89. The first kappa shape index (κ1) is 17.9. The van der Waals surface area contributed by atoms with Gasteiger partial charge in [0.2, 0.25) is 16.8 Å². The molecule has 0 atom stereocenters. The molecule has 0 aromatic heterocycles. The number of hydrogen-bond donors (Lipinski definition) is 0. The third kappa shape index (κ3) is 3.68. The normalized spacial score (nSPS) is 17.7. The first-order valence-electron chi connectivity index (χ1n) is 8.77. The van der Waals surface area contributed by atoms with Crippen LogP contribution in [-0.4, -0.2) is 45.8 Å². The lowest BCUT2D eigenvalue weighted by atomic mass is 10.1. The highest BCUT2D eigenvalue weighted by Crippen LogP contribution is 2.35. The molecule has 2 heterocycles. The maximum absolute atomic E-state index is 12.9. The molecule has 2 aliphatic heterocycles. The molecule has 0 unspecified atom stereocenters. The molecule has 2 aromatic rings. The van der Waals surface area contributed by atoms with Gasteiger partial charge in [0.15, 0.2) is 11.5 Å². The van der Waals surface area contributed by atoms with E-state index in [1.54, 1.807) is 19.2 Å². The van der Waals surface area contributed by atoms with Crippen LogP contribution < -0.4 is 18.9 Å². The maximum Gasteiger partial charge on any atom is 0.243 e. The van der Waals surface area contributed by atoms with E-state index in [2.05, 4.69) is 0 Å². The van der Waals surface area contributed by atoms with Crippen molar-refractivity contribution in [2.75, 3.05) is 27.0 Å². The Hall–Kier alpha value is -2.45. The zero-order chi connectivity index (χ0) is 18.9. The van der Waals surface area contributed by atoms with Gasteiger partial charge >= 0.3 is 0 Å². The minimum absolute atomic E-state index is 0.0124. The van der Waals surface area contributed by atoms with Crippen LogP contribution in [0, 0.1) is 0 Å². The fraction of sp³-hybridized carbons (Fsp3) is 0.368. The molecule has 0 amide bonds. The van der Waals surface area contributed by atoms with E-state index in [-0.39, 0.29) is 17.8 Å². The van der Waals surface area contributed by atoms with Crippen molar-refractivity contribution < 1.29 is 27.4 Å². The van der Waals surface area contributed by atoms with Gasteiger partial charge in [0.05, 0.1) is 12.0 Å². The molecule has 4 rings (SSSR count). The van der Waals surface area contributed by atoms with E-state index in [0.29, 0.717) is 37.4 Å². The smallest absolute Gasteiger partial charge is 0.243 e. The predicted molar refractivity (Wildman–Crippen MR) is 98.0 cm³/mol. The number of hydrogen-bond acceptors (Lipinski definition) is 6. The van der Waals surface area contributed by atoms with Crippen LogP contribution in [0.2, 0.25) is 0 Å². The number of ether oxygens (including phenoxy) is 4. The third-order valence-corrected chi connectivity index (χ3v) is 6.64. The standard InChI is InChI=1S/C19H21NO6S/c1-23-14-2-4-15(5-3-14)26-16-8-10-20(11-9-16)27(21,22)17-6-7-18-19(12-17)25-13-24-18/h2-7,12,16H,8-11,13H2,1H3. The van der Waals surface area contributed by atoms with Crippen LogP contribution in [0.4, 0.5) is 0 Å². The van der Waals surface area contributed by atoms with Crippen LogP contribution in [-0.2, 0) is 10.0 Å². The Labute approximate surface area is 158 Å². The minimum Gasteiger partial charge on any atom is -0.497 e. The number of fused-ring (bicyclic) bond motifs is 1. The van der Waals surface area contributed by atoms with E-state index in [4.69, 9.17) is 18.9 Å². The number of piperidine rings is 1. The Morgan fingerprint density at radius 3 is 2.33 bits per heavy atom. The Balaban J connectivity index is 1.39. The van der Waals surface area contributed by atoms with Crippen molar-refractivity contribution in [3.63, 3.8) is 0 Å². The van der Waals surface area contributed by atoms with Gasteiger partial charge in [-0.1, -0.05) is 0 Å². The summed E-state index contributed by atoms with van der Waals surface area (Å²) in [5, 5.41) is 0. The summed E-state index contributed by atoms with van der Waals surface area (Å²) < 4.78 is 48.9. The Morgan fingerprint density at radius 1 is 0.963 bits per heavy atom. The molecule has 144 valence electrons. The highest BCUT2D eigenvalue weighted by atomic mass is 32.2. The molecule has 8 heteroatoms. The van der Waals surface area contributed by atoms with E-state index >= 15 is 0 Å². The molecular formula is C19H21NO6S. The minimum atomic E-state index is -3.56. The van der Waals surface area contributed by atoms with Crippen molar-refractivity contribution in [3.8, 4) is 23.0 Å². The van der Waals surface area contributed by atoms with Crippen molar-refractivity contribution >= 4 is 10.0 Å². The van der Waals surface area contributed by atoms with Gasteiger partial charge in [-0.3, -0.25) is 0 Å². The van der Waals surface area contributed by atoms with Crippen LogP contribution in [0.15, 0.2) is 47.4 Å². The van der Waals surface area contributed by atoms with Gasteiger partial charge in [0, 0.05) is 19.2 Å². The SMILES string of the molecule is COc1ccc(OC2CCN(S(=O)(=O)c3ccc4c(c3)OCO4)CC2)cc1. The molecule has 0 aliphatic carbocycles. The van der Waals surface area contributed by atoms with Gasteiger partial charge in [0.1, 0.15) is 17.6 Å². The molecule has 2 aromatic carbocycles. The van der Waals surface area contributed by atoms with Gasteiger partial charge in [-0.2, -0.15) is 4.31 Å². The monoisotopic (exact) mass is 391 g/mol. The van der Waals surface area contributed by atoms with E-state index in [1.807, 2.05) is 24.3 Å². The van der Waals surface area contributed by atoms with E-state index in [0.717, 1.165) is 11.5 Å². The summed E-state index contributed by atoms with van der Waals surface area (Å²) in [7, 11) is -1.95. The van der Waals surface area contributed by atoms with Gasteiger partial charge in [0.25, 0.3) is 0 Å². The second-order valence-corrected chi connectivity index (χ2v) is 8.35. The van der Waals surface area contributed by atoms with Gasteiger partial charge in [-0.25, -0.2) is 8.42 Å². The first-order valence-corrected chi connectivity index (χ1v) is 10.2. The second-order valence-electron chi connectivity index (χ2n) is 6.41. The fourth-order valence-electron chi connectivity index (χ4n) is 3.22. The van der Waals surface area contributed by atoms with Crippen LogP contribution in [0.3, 0.4) is 0 Å². The number of nitrogens with zero attached hydrogens (tertiary/aromatic N) is 1. The van der Waals surface area contributed by atoms with Crippen LogP contribution in [0.1, 0.15) is 12.8 Å². The first-order chi connectivity index (χ1) is 13.1. The number of rotatable bonds is 5. The molecule has 2 aliphatic rings. The predicted octanol–water partition coefficient (Wildman–Crippen LogP) is 2.66. The average Bonchev–Trinajstić information content (AvgIpc) is 3.17. The Bertz CT molecular complexity index is 904. The Morgan fingerprint density at radius 2 is 1.63 bits per heavy atom. The summed E-state index contributed by atoms with van der Waals surface area (Å²) in [6.45, 7) is 0.947. The largest absolute Gasteiger partial charge is 0.497 e. The molecule has 7 nitrogen and oxygen atoms in total. The third-order valence-electron chi connectivity index (χ3n) is 4.74. The molecule has 27 heavy (non-hydrogen) atoms. The molecule has 0 saturated carbocycles. The van der Waals surface area contributed by atoms with Gasteiger partial charge in [-0.05, 0) is 49.2 Å². The molecule has 1 saturated heterocycles. The molecular weight excluding hydrogens is 370 g/mol. The van der Waals surface area contributed by atoms with E-state index in [1.165, 1.54) is 10.4 Å². The molecule has 1 fully saturated rings. The average molecular weight is 391 g/mol. The van der Waals surface area contributed by atoms with Crippen LogP contribution in [0.25, 0.3) is 0 Å². The lowest BCUT2D eigenvalue weighted by molar-refractivity contribution is 0.135. The van der Waals surface area contributed by atoms with Crippen molar-refractivity contribution in [2.24, 2.45) is 0 Å². The summed E-state index contributed by atoms with van der Waals surface area (Å²) >= 11 is 0.